The van der Waals surface area contributed by atoms with Crippen molar-refractivity contribution < 1.29 is 13.2 Å². The van der Waals surface area contributed by atoms with Gasteiger partial charge in [-0.3, -0.25) is 0 Å². The molecule has 0 bridgehead atoms. The number of rotatable bonds is 6. The van der Waals surface area contributed by atoms with Gasteiger partial charge in [0.05, 0.1) is 37.5 Å². The van der Waals surface area contributed by atoms with Crippen LogP contribution in [0.4, 0.5) is 0 Å². The van der Waals surface area contributed by atoms with Crippen molar-refractivity contribution in [1.82, 2.24) is 23.4 Å². The summed E-state index contributed by atoms with van der Waals surface area (Å²) >= 11 is 0. The first-order valence-corrected chi connectivity index (χ1v) is 9.54. The van der Waals surface area contributed by atoms with Crippen LogP contribution in [0.15, 0.2) is 30.1 Å². The van der Waals surface area contributed by atoms with E-state index in [4.69, 9.17) is 4.74 Å². The molecule has 1 atom stereocenters. The number of hydrogen-bond donors (Lipinski definition) is 0. The molecule has 3 heterocycles. The van der Waals surface area contributed by atoms with Crippen LogP contribution >= 0.6 is 0 Å². The summed E-state index contributed by atoms with van der Waals surface area (Å²) in [5.41, 5.74) is 0.876. The Balaban J connectivity index is 1.54. The Hall–Kier alpha value is -1.71. The summed E-state index contributed by atoms with van der Waals surface area (Å²) in [5, 5.41) is 0.0793. The molecule has 1 fully saturated rings. The molecule has 1 aliphatic heterocycles. The lowest BCUT2D eigenvalue weighted by Gasteiger charge is -2.33. The zero-order valence-corrected chi connectivity index (χ0v) is 14.4. The van der Waals surface area contributed by atoms with Gasteiger partial charge in [-0.15, -0.1) is 0 Å². The minimum absolute atomic E-state index is 0.0616. The van der Waals surface area contributed by atoms with Crippen LogP contribution in [0.25, 0.3) is 0 Å². The first-order valence-electron chi connectivity index (χ1n) is 8.10. The van der Waals surface area contributed by atoms with E-state index < -0.39 is 10.0 Å². The third kappa shape index (κ3) is 2.99. The second kappa shape index (κ2) is 5.98. The number of aryl methyl sites for hydroxylation is 1. The molecule has 0 radical (unpaired) electrons. The maximum absolute atomic E-state index is 12.8. The number of hydrogen-bond acceptors (Lipinski definition) is 5. The lowest BCUT2D eigenvalue weighted by atomic mass is 10.2. The second-order valence-corrected chi connectivity index (χ2v) is 8.49. The van der Waals surface area contributed by atoms with Crippen molar-refractivity contribution in [2.24, 2.45) is 13.0 Å². The third-order valence-electron chi connectivity index (χ3n) is 4.54. The minimum atomic E-state index is -3.62. The van der Waals surface area contributed by atoms with Gasteiger partial charge in [-0.05, 0) is 18.8 Å². The Labute approximate surface area is 141 Å². The largest absolute Gasteiger partial charge is 0.379 e. The standard InChI is InChI=1S/C15H21N5O3S/c1-18-7-15(17-11-18)24(21,22)19-5-13-4-16-10-20(13)14(6-19)9-23-8-12-2-3-12/h4,7,10-12,14H,2-3,5-6,8-9H2,1H3. The minimum Gasteiger partial charge on any atom is -0.379 e. The molecule has 1 unspecified atom stereocenters. The topological polar surface area (TPSA) is 82.3 Å². The molecule has 0 N–H and O–H groups in total. The number of sulfonamides is 1. The number of ether oxygens (including phenoxy) is 1. The van der Waals surface area contributed by atoms with Crippen LogP contribution in [-0.2, 0) is 28.4 Å². The second-order valence-electron chi connectivity index (χ2n) is 6.60. The Bertz CT molecular complexity index is 824. The fraction of sp³-hybridized carbons (Fsp3) is 0.600. The molecule has 2 aromatic heterocycles. The van der Waals surface area contributed by atoms with Crippen molar-refractivity contribution in [3.05, 3.63) is 30.7 Å². The molecule has 2 aromatic rings. The van der Waals surface area contributed by atoms with Crippen molar-refractivity contribution in [2.45, 2.75) is 30.5 Å². The number of nitrogens with zero attached hydrogens (tertiary/aromatic N) is 5. The van der Waals surface area contributed by atoms with Gasteiger partial charge in [0.2, 0.25) is 0 Å². The fourth-order valence-electron chi connectivity index (χ4n) is 2.98. The monoisotopic (exact) mass is 351 g/mol. The summed E-state index contributed by atoms with van der Waals surface area (Å²) in [6.07, 6.45) is 8.97. The zero-order valence-electron chi connectivity index (χ0n) is 13.6. The fourth-order valence-corrected chi connectivity index (χ4v) is 4.39. The van der Waals surface area contributed by atoms with Crippen LogP contribution in [0.3, 0.4) is 0 Å². The highest BCUT2D eigenvalue weighted by molar-refractivity contribution is 7.89. The van der Waals surface area contributed by atoms with E-state index in [9.17, 15) is 8.42 Å². The summed E-state index contributed by atoms with van der Waals surface area (Å²) < 4.78 is 36.6. The molecular weight excluding hydrogens is 330 g/mol. The highest BCUT2D eigenvalue weighted by Crippen LogP contribution is 2.30. The normalized spacial score (nSPS) is 21.8. The van der Waals surface area contributed by atoms with E-state index >= 15 is 0 Å². The first kappa shape index (κ1) is 15.8. The predicted octanol–water partition coefficient (Wildman–Crippen LogP) is 0.789. The van der Waals surface area contributed by atoms with Crippen LogP contribution in [0.1, 0.15) is 24.6 Å². The summed E-state index contributed by atoms with van der Waals surface area (Å²) in [6.45, 7) is 1.92. The van der Waals surface area contributed by atoms with Gasteiger partial charge in [-0.1, -0.05) is 0 Å². The molecule has 0 saturated heterocycles. The van der Waals surface area contributed by atoms with Gasteiger partial charge in [0.25, 0.3) is 10.0 Å². The summed E-state index contributed by atoms with van der Waals surface area (Å²) in [4.78, 5) is 8.17. The lowest BCUT2D eigenvalue weighted by molar-refractivity contribution is 0.0793. The van der Waals surface area contributed by atoms with E-state index in [2.05, 4.69) is 9.97 Å². The summed E-state index contributed by atoms with van der Waals surface area (Å²) in [6, 6.07) is -0.0616. The van der Waals surface area contributed by atoms with Crippen LogP contribution in [0.2, 0.25) is 0 Å². The van der Waals surface area contributed by atoms with E-state index in [1.54, 1.807) is 24.1 Å². The van der Waals surface area contributed by atoms with Crippen molar-refractivity contribution in [2.75, 3.05) is 19.8 Å². The number of fused-ring (bicyclic) bond motifs is 1. The molecule has 8 nitrogen and oxygen atoms in total. The summed E-state index contributed by atoms with van der Waals surface area (Å²) in [7, 11) is -1.86. The van der Waals surface area contributed by atoms with E-state index in [1.807, 2.05) is 4.57 Å². The molecule has 130 valence electrons. The molecular formula is C15H21N5O3S. The molecule has 0 amide bonds. The summed E-state index contributed by atoms with van der Waals surface area (Å²) in [5.74, 6) is 0.684. The lowest BCUT2D eigenvalue weighted by Crippen LogP contribution is -2.42. The first-order chi connectivity index (χ1) is 11.5. The molecule has 1 aliphatic carbocycles. The zero-order chi connectivity index (χ0) is 16.7. The quantitative estimate of drug-likeness (QED) is 0.768. The number of imidazole rings is 2. The van der Waals surface area contributed by atoms with Crippen molar-refractivity contribution >= 4 is 10.0 Å². The van der Waals surface area contributed by atoms with Gasteiger partial charge in [0.1, 0.15) is 0 Å². The maximum atomic E-state index is 12.8. The van der Waals surface area contributed by atoms with Crippen molar-refractivity contribution in [3.63, 3.8) is 0 Å². The Morgan fingerprint density at radius 2 is 2.12 bits per heavy atom. The Kier molecular flexibility index (Phi) is 3.93. The smallest absolute Gasteiger partial charge is 0.262 e. The highest BCUT2D eigenvalue weighted by atomic mass is 32.2. The van der Waals surface area contributed by atoms with Crippen molar-refractivity contribution in [1.29, 1.82) is 0 Å². The molecule has 9 heteroatoms. The third-order valence-corrected chi connectivity index (χ3v) is 6.24. The molecule has 1 saturated carbocycles. The highest BCUT2D eigenvalue weighted by Gasteiger charge is 2.35. The van der Waals surface area contributed by atoms with Gasteiger partial charge in [0, 0.05) is 32.6 Å². The average Bonchev–Trinajstić information content (AvgIpc) is 3.06. The molecule has 0 aromatic carbocycles. The maximum Gasteiger partial charge on any atom is 0.262 e. The van der Waals surface area contributed by atoms with E-state index in [1.165, 1.54) is 29.7 Å². The van der Waals surface area contributed by atoms with Crippen LogP contribution in [0, 0.1) is 5.92 Å². The van der Waals surface area contributed by atoms with E-state index in [0.717, 1.165) is 12.3 Å². The van der Waals surface area contributed by atoms with Gasteiger partial charge in [-0.2, -0.15) is 4.31 Å². The van der Waals surface area contributed by atoms with E-state index in [-0.39, 0.29) is 11.1 Å². The molecule has 2 aliphatic rings. The average molecular weight is 351 g/mol. The van der Waals surface area contributed by atoms with Crippen LogP contribution in [-0.4, -0.2) is 51.6 Å². The van der Waals surface area contributed by atoms with Crippen LogP contribution < -0.4 is 0 Å². The van der Waals surface area contributed by atoms with Crippen molar-refractivity contribution in [3.8, 4) is 0 Å². The molecule has 24 heavy (non-hydrogen) atoms. The van der Waals surface area contributed by atoms with E-state index in [0.29, 0.717) is 25.6 Å². The van der Waals surface area contributed by atoms with Gasteiger partial charge >= 0.3 is 0 Å². The Morgan fingerprint density at radius 3 is 2.83 bits per heavy atom. The van der Waals surface area contributed by atoms with Gasteiger partial charge in [0.15, 0.2) is 5.03 Å². The van der Waals surface area contributed by atoms with Crippen LogP contribution in [0.5, 0.6) is 0 Å². The van der Waals surface area contributed by atoms with Gasteiger partial charge in [-0.25, -0.2) is 18.4 Å². The SMILES string of the molecule is Cn1cnc(S(=O)(=O)N2Cc3cncn3C(COCC3CC3)C2)c1. The predicted molar refractivity (Wildman–Crippen MR) is 85.6 cm³/mol. The Morgan fingerprint density at radius 1 is 1.29 bits per heavy atom. The van der Waals surface area contributed by atoms with Gasteiger partial charge < -0.3 is 13.9 Å². The molecule has 4 rings (SSSR count). The molecule has 0 spiro atoms. The number of aromatic nitrogens is 4.